The molecule has 4 aromatic rings. The number of fused-ring (bicyclic) bond motifs is 3. The fourth-order valence-electron chi connectivity index (χ4n) is 4.07. The maximum atomic E-state index is 6.55. The summed E-state index contributed by atoms with van der Waals surface area (Å²) in [6, 6.07) is 17.5. The highest BCUT2D eigenvalue weighted by Gasteiger charge is 2.41. The van der Waals surface area contributed by atoms with Crippen molar-refractivity contribution in [1.82, 2.24) is 14.8 Å². The van der Waals surface area contributed by atoms with Gasteiger partial charge in [-0.2, -0.15) is 10.1 Å². The zero-order chi connectivity index (χ0) is 20.2. The molecule has 6 rings (SSSR count). The molecule has 0 saturated carbocycles. The Balaban J connectivity index is 1.63. The number of nitrogens with zero attached hydrogens (tertiary/aromatic N) is 3. The number of nitrogens with one attached hydrogen (secondary N) is 1. The second-order valence-electron chi connectivity index (χ2n) is 7.09. The van der Waals surface area contributed by atoms with Gasteiger partial charge in [-0.1, -0.05) is 41.4 Å². The molecule has 0 fully saturated rings. The van der Waals surface area contributed by atoms with E-state index in [1.807, 2.05) is 53.2 Å². The molecule has 2 aromatic carbocycles. The van der Waals surface area contributed by atoms with Gasteiger partial charge in [0.05, 0.1) is 5.70 Å². The van der Waals surface area contributed by atoms with Gasteiger partial charge in [0.25, 0.3) is 0 Å². The van der Waals surface area contributed by atoms with E-state index in [1.54, 1.807) is 17.7 Å². The average molecular weight is 453 g/mol. The number of aromatic nitrogens is 3. The van der Waals surface area contributed by atoms with Gasteiger partial charge in [-0.3, -0.25) is 0 Å². The van der Waals surface area contributed by atoms with Crippen molar-refractivity contribution in [2.45, 2.75) is 12.1 Å². The third-order valence-electron chi connectivity index (χ3n) is 5.36. The Labute approximate surface area is 186 Å². The second kappa shape index (κ2) is 6.87. The van der Waals surface area contributed by atoms with Gasteiger partial charge < -0.3 is 10.1 Å². The van der Waals surface area contributed by atoms with Crippen LogP contribution in [-0.2, 0) is 0 Å². The molecule has 0 amide bonds. The molecule has 0 saturated heterocycles. The number of hydrogen-bond donors (Lipinski definition) is 1. The number of ether oxygens (including phenoxy) is 1. The molecule has 2 atom stereocenters. The molecular weight excluding hydrogens is 439 g/mol. The molecule has 2 aliphatic heterocycles. The Hall–Kier alpha value is -2.80. The van der Waals surface area contributed by atoms with Gasteiger partial charge in [-0.15, -0.1) is 11.3 Å². The standard InChI is InChI=1S/C22H14Cl2N4OS/c23-13-5-3-12(4-6-13)21-18-19(15-10-14(24)7-8-16(15)29-21)27-22-25-11-26-28(22)20(18)17-2-1-9-30-17/h1-11,20-21H,(H,25,26,27)/t20-,21+/m1/s1. The third kappa shape index (κ3) is 2.75. The molecule has 0 radical (unpaired) electrons. The molecule has 2 aliphatic rings. The Morgan fingerprint density at radius 2 is 1.87 bits per heavy atom. The minimum absolute atomic E-state index is 0.147. The van der Waals surface area contributed by atoms with Crippen LogP contribution >= 0.6 is 34.5 Å². The topological polar surface area (TPSA) is 52.0 Å². The Kier molecular flexibility index (Phi) is 4.13. The largest absolute Gasteiger partial charge is 0.480 e. The molecule has 5 nitrogen and oxygen atoms in total. The summed E-state index contributed by atoms with van der Waals surface area (Å²) in [5.74, 6) is 1.46. The quantitative estimate of drug-likeness (QED) is 0.392. The van der Waals surface area contributed by atoms with E-state index in [2.05, 4.69) is 26.8 Å². The van der Waals surface area contributed by atoms with Crippen molar-refractivity contribution in [2.24, 2.45) is 0 Å². The van der Waals surface area contributed by atoms with Crippen LogP contribution < -0.4 is 10.1 Å². The first-order chi connectivity index (χ1) is 14.7. The van der Waals surface area contributed by atoms with E-state index in [-0.39, 0.29) is 12.1 Å². The molecule has 0 bridgehead atoms. The zero-order valence-corrected chi connectivity index (χ0v) is 17.7. The Bertz CT molecular complexity index is 1280. The van der Waals surface area contributed by atoms with Gasteiger partial charge in [-0.25, -0.2) is 4.68 Å². The number of anilines is 1. The summed E-state index contributed by atoms with van der Waals surface area (Å²) in [7, 11) is 0. The minimum Gasteiger partial charge on any atom is -0.480 e. The SMILES string of the molecule is Clc1ccc([C@@H]2Oc3ccc(Cl)cc3C3=C2[C@@H](c2cccs2)n2ncnc2N3)cc1. The molecule has 1 N–H and O–H groups in total. The number of hydrogen-bond acceptors (Lipinski definition) is 5. The van der Waals surface area contributed by atoms with E-state index in [1.165, 1.54) is 0 Å². The maximum absolute atomic E-state index is 6.55. The lowest BCUT2D eigenvalue weighted by molar-refractivity contribution is 0.223. The molecular formula is C22H14Cl2N4OS. The van der Waals surface area contributed by atoms with Crippen molar-refractivity contribution < 1.29 is 4.74 Å². The Morgan fingerprint density at radius 3 is 2.67 bits per heavy atom. The van der Waals surface area contributed by atoms with E-state index < -0.39 is 0 Å². The van der Waals surface area contributed by atoms with Crippen LogP contribution in [0.25, 0.3) is 5.70 Å². The summed E-state index contributed by atoms with van der Waals surface area (Å²) < 4.78 is 8.45. The van der Waals surface area contributed by atoms with E-state index in [4.69, 9.17) is 27.9 Å². The normalized spacial score (nSPS) is 19.4. The van der Waals surface area contributed by atoms with Gasteiger partial charge in [0.2, 0.25) is 5.95 Å². The van der Waals surface area contributed by atoms with Crippen LogP contribution in [0.2, 0.25) is 10.0 Å². The summed E-state index contributed by atoms with van der Waals surface area (Å²) in [5, 5.41) is 11.4. The number of benzene rings is 2. The minimum atomic E-state index is -0.317. The smallest absolute Gasteiger partial charge is 0.226 e. The van der Waals surface area contributed by atoms with Crippen LogP contribution in [0.1, 0.15) is 28.1 Å². The average Bonchev–Trinajstić information content (AvgIpc) is 3.44. The van der Waals surface area contributed by atoms with Crippen molar-refractivity contribution in [2.75, 3.05) is 5.32 Å². The monoisotopic (exact) mass is 452 g/mol. The molecule has 4 heterocycles. The van der Waals surface area contributed by atoms with Gasteiger partial charge in [0, 0.05) is 26.1 Å². The fraction of sp³-hybridized carbons (Fsp3) is 0.0909. The van der Waals surface area contributed by atoms with Gasteiger partial charge >= 0.3 is 0 Å². The number of rotatable bonds is 2. The van der Waals surface area contributed by atoms with E-state index in [0.717, 1.165) is 33.0 Å². The molecule has 30 heavy (non-hydrogen) atoms. The summed E-state index contributed by atoms with van der Waals surface area (Å²) in [6.45, 7) is 0. The molecule has 0 aliphatic carbocycles. The highest BCUT2D eigenvalue weighted by molar-refractivity contribution is 7.10. The summed E-state index contributed by atoms with van der Waals surface area (Å²) in [4.78, 5) is 5.59. The van der Waals surface area contributed by atoms with E-state index in [0.29, 0.717) is 16.0 Å². The Morgan fingerprint density at radius 1 is 1.03 bits per heavy atom. The lowest BCUT2D eigenvalue weighted by Gasteiger charge is -2.38. The first-order valence-corrected chi connectivity index (χ1v) is 11.0. The van der Waals surface area contributed by atoms with Crippen molar-refractivity contribution in [3.05, 3.63) is 97.9 Å². The van der Waals surface area contributed by atoms with Crippen LogP contribution in [-0.4, -0.2) is 14.8 Å². The highest BCUT2D eigenvalue weighted by Crippen LogP contribution is 2.51. The van der Waals surface area contributed by atoms with Crippen molar-refractivity contribution in [1.29, 1.82) is 0 Å². The number of halogens is 2. The summed E-state index contributed by atoms with van der Waals surface area (Å²) in [6.07, 6.45) is 1.25. The maximum Gasteiger partial charge on any atom is 0.226 e. The summed E-state index contributed by atoms with van der Waals surface area (Å²) in [5.41, 5.74) is 3.95. The second-order valence-corrected chi connectivity index (χ2v) is 8.94. The third-order valence-corrected chi connectivity index (χ3v) is 6.77. The summed E-state index contributed by atoms with van der Waals surface area (Å²) >= 11 is 14.2. The highest BCUT2D eigenvalue weighted by atomic mass is 35.5. The fourth-order valence-corrected chi connectivity index (χ4v) is 5.20. The predicted molar refractivity (Wildman–Crippen MR) is 119 cm³/mol. The lowest BCUT2D eigenvalue weighted by Crippen LogP contribution is -2.32. The lowest BCUT2D eigenvalue weighted by atomic mass is 9.87. The molecule has 2 aromatic heterocycles. The van der Waals surface area contributed by atoms with Crippen molar-refractivity contribution >= 4 is 46.2 Å². The number of thiophene rings is 1. The van der Waals surface area contributed by atoms with Gasteiger partial charge in [0.1, 0.15) is 24.2 Å². The van der Waals surface area contributed by atoms with Crippen LogP contribution in [0.5, 0.6) is 5.75 Å². The molecule has 0 spiro atoms. The van der Waals surface area contributed by atoms with Crippen LogP contribution in [0.15, 0.2) is 71.9 Å². The van der Waals surface area contributed by atoms with Crippen molar-refractivity contribution in [3.8, 4) is 5.75 Å². The predicted octanol–water partition coefficient (Wildman–Crippen LogP) is 6.21. The molecule has 148 valence electrons. The van der Waals surface area contributed by atoms with Crippen LogP contribution in [0, 0.1) is 0 Å². The van der Waals surface area contributed by atoms with Gasteiger partial charge in [0.15, 0.2) is 0 Å². The van der Waals surface area contributed by atoms with Gasteiger partial charge in [-0.05, 0) is 47.3 Å². The zero-order valence-electron chi connectivity index (χ0n) is 15.4. The van der Waals surface area contributed by atoms with Crippen LogP contribution in [0.3, 0.4) is 0 Å². The van der Waals surface area contributed by atoms with Crippen LogP contribution in [0.4, 0.5) is 5.95 Å². The first-order valence-electron chi connectivity index (χ1n) is 9.35. The molecule has 0 unspecified atom stereocenters. The molecule has 8 heteroatoms. The first kappa shape index (κ1) is 18.0. The van der Waals surface area contributed by atoms with E-state index >= 15 is 0 Å². The van der Waals surface area contributed by atoms with E-state index in [9.17, 15) is 0 Å². The van der Waals surface area contributed by atoms with Crippen molar-refractivity contribution in [3.63, 3.8) is 0 Å².